The Hall–Kier alpha value is -4.97. The maximum absolute atomic E-state index is 15.4. The molecule has 7 saturated heterocycles. The van der Waals surface area contributed by atoms with Gasteiger partial charge in [0, 0.05) is 63.4 Å². The zero-order chi connectivity index (χ0) is 69.0. The Bertz CT molecular complexity index is 3320. The van der Waals surface area contributed by atoms with E-state index in [1.165, 1.54) is 0 Å². The Morgan fingerprint density at radius 2 is 1.16 bits per heavy atom. The number of hydrogen-bond acceptors (Lipinski definition) is 14. The topological polar surface area (TPSA) is 181 Å². The van der Waals surface area contributed by atoms with Crippen LogP contribution in [-0.2, 0) is 47.4 Å². The van der Waals surface area contributed by atoms with Crippen LogP contribution >= 0.6 is 0 Å². The lowest BCUT2D eigenvalue weighted by atomic mass is 9.74. The van der Waals surface area contributed by atoms with Gasteiger partial charge >= 0.3 is 6.09 Å². The van der Waals surface area contributed by atoms with Crippen LogP contribution in [0.2, 0.25) is 10.1 Å². The molecule has 12 rings (SSSR count). The van der Waals surface area contributed by atoms with Crippen molar-refractivity contribution in [2.75, 3.05) is 13.7 Å². The van der Waals surface area contributed by atoms with Crippen LogP contribution in [-0.4, -0.2) is 165 Å². The second kappa shape index (κ2) is 28.8. The summed E-state index contributed by atoms with van der Waals surface area (Å²) in [5.74, 6) is -0.829. The summed E-state index contributed by atoms with van der Waals surface area (Å²) < 4.78 is 62.9. The van der Waals surface area contributed by atoms with Crippen LogP contribution in [0, 0.1) is 23.7 Å². The number of Topliss-reactive ketones (excluding diaryl/α,β-unsaturated/α-hetero) is 1. The number of hydrogen-bond donors (Lipinski definition) is 3. The zero-order valence-electron chi connectivity index (χ0n) is 59.3. The van der Waals surface area contributed by atoms with E-state index >= 15 is 4.79 Å². The van der Waals surface area contributed by atoms with Crippen molar-refractivity contribution >= 4 is 49.3 Å². The van der Waals surface area contributed by atoms with E-state index in [1.807, 2.05) is 120 Å². The first-order valence-electron chi connectivity index (χ1n) is 36.1. The van der Waals surface area contributed by atoms with Gasteiger partial charge in [0.2, 0.25) is 0 Å². The Labute approximate surface area is 578 Å². The molecule has 0 spiro atoms. The number of nitrogens with zero attached hydrogens (tertiary/aromatic N) is 1. The first kappa shape index (κ1) is 71.8. The van der Waals surface area contributed by atoms with E-state index in [1.54, 1.807) is 12.0 Å². The lowest BCUT2D eigenvalue weighted by Crippen LogP contribution is -2.67. The standard InChI is InChI=1S/C80H109NO14Si2/c1-50-40-56-36-38-66-51(2)41-55(88-66)35-34-53(82)44-69-64(47-78(7,8)96(85,59-26-18-14-19-27-59)60-28-20-15-21-29-60)74-75(93-69)65(48-79(9,10)97(86,61-30-22-16-23-31-61)62-32-24-17-25-33-62)73-67(92-74)39-37-57(90-73)42-54(83)43-63-70(46-68(89-56)52(50)3)91-71(72(63)87-13)45-58-49-81(80(11,12)94-58)76(84)95-77(4,5)6/h14-35,50,53,55-58,63-75,82,85-86H,2-3,36-49H2,1,4-13H3/b35-34+/t50?,53?,55?,56?,57?,58?,63?,64?,65?,66-,67?,68+,69?,70-,71+,72+,73+,74-,75?/m0/s1. The van der Waals surface area contributed by atoms with Crippen LogP contribution in [0.3, 0.4) is 0 Å². The molecule has 4 aromatic rings. The fraction of sp³-hybridized carbons (Fsp3) is 0.600. The molecule has 8 aliphatic heterocycles. The van der Waals surface area contributed by atoms with E-state index in [0.717, 1.165) is 44.7 Å². The molecule has 7 fully saturated rings. The average molecular weight is 1360 g/mol. The summed E-state index contributed by atoms with van der Waals surface area (Å²) in [6.45, 7) is 29.8. The predicted molar refractivity (Wildman–Crippen MR) is 381 cm³/mol. The van der Waals surface area contributed by atoms with E-state index < -0.39 is 111 Å². The fourth-order valence-electron chi connectivity index (χ4n) is 18.4. The monoisotopic (exact) mass is 1360 g/mol. The minimum absolute atomic E-state index is 0.0331. The van der Waals surface area contributed by atoms with Crippen LogP contribution in [0.15, 0.2) is 158 Å². The van der Waals surface area contributed by atoms with Crippen molar-refractivity contribution in [1.29, 1.82) is 0 Å². The summed E-state index contributed by atoms with van der Waals surface area (Å²) in [7, 11) is -5.58. The maximum atomic E-state index is 15.4. The molecule has 15 nitrogen and oxygen atoms in total. The first-order chi connectivity index (χ1) is 46.0. The number of amides is 1. The number of fused-ring (bicyclic) bond motifs is 7. The SMILES string of the molecule is C=C1CC2/C=C/C(O)CC3OC4C(CC(C)(C)[Si](O)(c5ccccc5)c5ccccc5)[C@H]5OC(CCC5O[C@H]4C3CC(C)(C)[Si](O)(c3ccccc3)c3ccccc3)CC(=O)CC3[C@H](C[C@H]4OC(CC[C@@H]1O2)CC(C)C4=C)O[C@H](CC1CN(C(=O)OC(C)(C)C)C(C)(C)O1)[C@@H]3OC. The minimum Gasteiger partial charge on any atom is -0.444 e. The van der Waals surface area contributed by atoms with Gasteiger partial charge in [-0.05, 0) is 127 Å². The van der Waals surface area contributed by atoms with Gasteiger partial charge in [0.05, 0.1) is 98.1 Å². The number of rotatable bonds is 13. The Kier molecular flexibility index (Phi) is 21.3. The Morgan fingerprint density at radius 1 is 0.619 bits per heavy atom. The van der Waals surface area contributed by atoms with E-state index in [4.69, 9.17) is 42.6 Å². The maximum Gasteiger partial charge on any atom is 0.412 e. The Balaban J connectivity index is 0.912. The highest BCUT2D eigenvalue weighted by molar-refractivity contribution is 6.99. The van der Waals surface area contributed by atoms with Gasteiger partial charge in [0.25, 0.3) is 16.6 Å². The highest BCUT2D eigenvalue weighted by Crippen LogP contribution is 2.56. The number of ether oxygens (including phenoxy) is 9. The molecule has 8 aliphatic rings. The van der Waals surface area contributed by atoms with Crippen LogP contribution in [0.5, 0.6) is 0 Å². The van der Waals surface area contributed by atoms with Gasteiger partial charge in [-0.2, -0.15) is 0 Å². The third-order valence-electron chi connectivity index (χ3n) is 23.3. The van der Waals surface area contributed by atoms with Crippen LogP contribution < -0.4 is 20.7 Å². The number of aliphatic hydroxyl groups excluding tert-OH is 1. The molecule has 8 bridgehead atoms. The van der Waals surface area contributed by atoms with Crippen LogP contribution in [0.25, 0.3) is 0 Å². The van der Waals surface area contributed by atoms with Crippen molar-refractivity contribution in [2.45, 2.75) is 266 Å². The van der Waals surface area contributed by atoms with Gasteiger partial charge in [-0.25, -0.2) is 4.79 Å². The molecule has 0 aliphatic carbocycles. The molecule has 1 amide bonds. The molecule has 0 aromatic heterocycles. The molecule has 17 heteroatoms. The number of ketones is 1. The van der Waals surface area contributed by atoms with Crippen molar-refractivity contribution in [3.05, 3.63) is 158 Å². The van der Waals surface area contributed by atoms with E-state index in [2.05, 4.69) is 96.3 Å². The van der Waals surface area contributed by atoms with Crippen molar-refractivity contribution in [3.8, 4) is 0 Å². The zero-order valence-corrected chi connectivity index (χ0v) is 61.3. The third kappa shape index (κ3) is 14.9. The number of carbonyl (C=O) groups is 2. The highest BCUT2D eigenvalue weighted by Gasteiger charge is 2.63. The quantitative estimate of drug-likeness (QED) is 0.0849. The first-order valence-corrected chi connectivity index (χ1v) is 40.0. The highest BCUT2D eigenvalue weighted by atomic mass is 28.4. The second-order valence-electron chi connectivity index (χ2n) is 32.5. The lowest BCUT2D eigenvalue weighted by molar-refractivity contribution is -0.242. The normalized spacial score (nSPS) is 34.9. The fourth-order valence-corrected chi connectivity index (χ4v) is 26.0. The van der Waals surface area contributed by atoms with Gasteiger partial charge in [-0.15, -0.1) is 0 Å². The van der Waals surface area contributed by atoms with E-state index in [0.29, 0.717) is 57.9 Å². The molecule has 8 heterocycles. The lowest BCUT2D eigenvalue weighted by Gasteiger charge is -2.52. The predicted octanol–water partition coefficient (Wildman–Crippen LogP) is 11.2. The smallest absolute Gasteiger partial charge is 0.412 e. The van der Waals surface area contributed by atoms with Gasteiger partial charge in [0.1, 0.15) is 17.1 Å². The van der Waals surface area contributed by atoms with Gasteiger partial charge in [0.15, 0.2) is 0 Å². The van der Waals surface area contributed by atoms with Crippen molar-refractivity contribution in [1.82, 2.24) is 4.90 Å². The Morgan fingerprint density at radius 3 is 1.73 bits per heavy atom. The van der Waals surface area contributed by atoms with Gasteiger partial charge < -0.3 is 57.3 Å². The van der Waals surface area contributed by atoms with Gasteiger partial charge in [-0.3, -0.25) is 9.69 Å². The summed E-state index contributed by atoms with van der Waals surface area (Å²) >= 11 is 0. The number of aliphatic hydroxyl groups is 1. The summed E-state index contributed by atoms with van der Waals surface area (Å²) in [6, 6.07) is 40.5. The molecule has 0 radical (unpaired) electrons. The molecule has 3 N–H and O–H groups in total. The van der Waals surface area contributed by atoms with E-state index in [-0.39, 0.29) is 73.1 Å². The molecular weight excluding hydrogens is 1260 g/mol. The summed E-state index contributed by atoms with van der Waals surface area (Å²) in [6.07, 6.45) is 3.27. The van der Waals surface area contributed by atoms with Gasteiger partial charge in [-0.1, -0.05) is 181 Å². The van der Waals surface area contributed by atoms with Crippen LogP contribution in [0.1, 0.15) is 153 Å². The molecule has 97 heavy (non-hydrogen) atoms. The summed E-state index contributed by atoms with van der Waals surface area (Å²) in [5.41, 5.74) is 0.374. The third-order valence-corrected chi connectivity index (χ3v) is 32.3. The molecule has 526 valence electrons. The molecule has 4 aromatic carbocycles. The van der Waals surface area contributed by atoms with Crippen molar-refractivity contribution in [2.24, 2.45) is 23.7 Å². The molecule has 0 saturated carbocycles. The van der Waals surface area contributed by atoms with Crippen molar-refractivity contribution < 1.29 is 66.9 Å². The number of methoxy groups -OCH3 is 1. The molecular formula is C80H109NO14Si2. The molecule has 19 atom stereocenters. The second-order valence-corrected chi connectivity index (χ2v) is 40.3. The molecule has 12 unspecified atom stereocenters. The average Bonchev–Trinajstić information content (AvgIpc) is 1.70. The van der Waals surface area contributed by atoms with Crippen molar-refractivity contribution in [3.63, 3.8) is 0 Å². The summed E-state index contributed by atoms with van der Waals surface area (Å²) in [4.78, 5) is 58.5. The van der Waals surface area contributed by atoms with Crippen LogP contribution in [0.4, 0.5) is 4.79 Å². The minimum atomic E-state index is -3.66. The number of benzene rings is 4. The number of carbonyl (C=O) groups excluding carboxylic acids is 2. The largest absolute Gasteiger partial charge is 0.444 e. The van der Waals surface area contributed by atoms with E-state index in [9.17, 15) is 19.5 Å². The summed E-state index contributed by atoms with van der Waals surface area (Å²) in [5, 5.41) is 14.6.